The van der Waals surface area contributed by atoms with Gasteiger partial charge >= 0.3 is 0 Å². The Hall–Kier alpha value is -4.28. The van der Waals surface area contributed by atoms with Crippen LogP contribution in [0.15, 0.2) is 47.2 Å². The zero-order valence-electron chi connectivity index (χ0n) is 31.8. The van der Waals surface area contributed by atoms with Crippen molar-refractivity contribution in [3.8, 4) is 43.9 Å². The molecule has 6 heterocycles. The van der Waals surface area contributed by atoms with Crippen LogP contribution in [0.2, 0.25) is 0 Å². The molecule has 4 aromatic rings. The fraction of sp³-hybridized carbons (Fsp3) is 0.455. The lowest BCUT2D eigenvalue weighted by molar-refractivity contribution is -0.114. The molecule has 284 valence electrons. The molecule has 0 radical (unpaired) electrons. The van der Waals surface area contributed by atoms with Crippen molar-refractivity contribution in [3.63, 3.8) is 0 Å². The third-order valence-electron chi connectivity index (χ3n) is 11.4. The fourth-order valence-corrected chi connectivity index (χ4v) is 10.1. The Balaban J connectivity index is 1.27. The quantitative estimate of drug-likeness (QED) is 0.119. The molecule has 0 N–H and O–H groups in total. The molecular formula is C44H50N2O6S2. The Bertz CT molecular complexity index is 1930. The Labute approximate surface area is 326 Å². The molecule has 2 aromatic heterocycles. The lowest BCUT2D eigenvalue weighted by Crippen LogP contribution is -2.34. The van der Waals surface area contributed by atoms with E-state index in [4.69, 9.17) is 18.9 Å². The first kappa shape index (κ1) is 36.7. The van der Waals surface area contributed by atoms with Crippen molar-refractivity contribution in [3.05, 3.63) is 58.3 Å². The summed E-state index contributed by atoms with van der Waals surface area (Å²) in [4.78, 5) is 35.9. The topological polar surface area (TPSA) is 77.5 Å². The van der Waals surface area contributed by atoms with Gasteiger partial charge in [0.15, 0.2) is 23.0 Å². The van der Waals surface area contributed by atoms with Gasteiger partial charge in [0.1, 0.15) is 26.4 Å². The predicted molar refractivity (Wildman–Crippen MR) is 220 cm³/mol. The molecule has 0 saturated carbocycles. The molecule has 0 saturated heterocycles. The van der Waals surface area contributed by atoms with Crippen LogP contribution in [-0.4, -0.2) is 51.3 Å². The van der Waals surface area contributed by atoms with Crippen LogP contribution in [-0.2, 0) is 9.59 Å². The number of benzene rings is 2. The average Bonchev–Trinajstić information content (AvgIpc) is 3.96. The smallest absolute Gasteiger partial charge is 0.259 e. The summed E-state index contributed by atoms with van der Waals surface area (Å²) in [6, 6.07) is 12.5. The van der Waals surface area contributed by atoms with Gasteiger partial charge < -0.3 is 28.7 Å². The van der Waals surface area contributed by atoms with Gasteiger partial charge in [-0.25, -0.2) is 0 Å². The van der Waals surface area contributed by atoms with Crippen molar-refractivity contribution in [2.45, 2.75) is 79.1 Å². The van der Waals surface area contributed by atoms with E-state index in [-0.39, 0.29) is 11.8 Å². The van der Waals surface area contributed by atoms with E-state index in [1.54, 1.807) is 22.7 Å². The number of nitrogens with zero attached hydrogens (tertiary/aromatic N) is 2. The molecule has 4 aliphatic heterocycles. The molecule has 4 aliphatic rings. The standard InChI is InChI=1S/C44H50N2O6S2/c1-5-9-11-27(7-3)23-45-33-21-29(41-39-35(25-53-41)49-17-19-51-39)13-15-31(33)37(43(45)47)38-32-16-14-30(42-40-36(26-54-42)50-18-20-52-40)22-34(32)46(44(38)48)24-28(8-4)12-10-6-2/h13-16,21-22,25-28H,5-12,17-20,23-24H2,1-4H3/b38-37-. The summed E-state index contributed by atoms with van der Waals surface area (Å²) in [6.45, 7) is 12.1. The van der Waals surface area contributed by atoms with Gasteiger partial charge in [0.05, 0.1) is 32.3 Å². The molecule has 0 aliphatic carbocycles. The average molecular weight is 767 g/mol. The Morgan fingerprint density at radius 3 is 1.44 bits per heavy atom. The minimum Gasteiger partial charge on any atom is -0.485 e. The number of carbonyl (C=O) groups is 2. The van der Waals surface area contributed by atoms with Crippen molar-refractivity contribution in [1.82, 2.24) is 0 Å². The van der Waals surface area contributed by atoms with Crippen molar-refractivity contribution in [1.29, 1.82) is 0 Å². The van der Waals surface area contributed by atoms with Crippen molar-refractivity contribution < 1.29 is 28.5 Å². The van der Waals surface area contributed by atoms with Crippen LogP contribution in [0.3, 0.4) is 0 Å². The van der Waals surface area contributed by atoms with E-state index in [0.29, 0.717) is 62.5 Å². The van der Waals surface area contributed by atoms with Crippen molar-refractivity contribution in [2.75, 3.05) is 49.3 Å². The highest BCUT2D eigenvalue weighted by molar-refractivity contribution is 7.14. The van der Waals surface area contributed by atoms with Gasteiger partial charge in [0.25, 0.3) is 11.8 Å². The SMILES string of the molecule is CCCCC(CC)CN1C(=O)/C(=C2\C(=O)N(CC(CC)CCCC)c3cc(-c4scc5c4OCCO5)ccc32)c2ccc(-c3scc4c3OCCO4)cc21. The molecule has 0 fully saturated rings. The highest BCUT2D eigenvalue weighted by atomic mass is 32.1. The van der Waals surface area contributed by atoms with Crippen LogP contribution >= 0.6 is 22.7 Å². The lowest BCUT2D eigenvalue weighted by Gasteiger charge is -2.24. The molecule has 2 amide bonds. The van der Waals surface area contributed by atoms with E-state index in [2.05, 4.69) is 52.0 Å². The molecule has 8 rings (SSSR count). The van der Waals surface area contributed by atoms with Gasteiger partial charge in [-0.15, -0.1) is 22.7 Å². The molecule has 0 bridgehead atoms. The maximum atomic E-state index is 15.0. The highest BCUT2D eigenvalue weighted by Gasteiger charge is 2.43. The summed E-state index contributed by atoms with van der Waals surface area (Å²) in [6.07, 6.45) is 8.51. The summed E-state index contributed by atoms with van der Waals surface area (Å²) >= 11 is 3.19. The number of unbranched alkanes of at least 4 members (excludes halogenated alkanes) is 2. The Morgan fingerprint density at radius 2 is 1.04 bits per heavy atom. The van der Waals surface area contributed by atoms with Crippen molar-refractivity contribution in [2.24, 2.45) is 11.8 Å². The Kier molecular flexibility index (Phi) is 10.8. The van der Waals surface area contributed by atoms with E-state index in [1.165, 1.54) is 0 Å². The second-order valence-electron chi connectivity index (χ2n) is 14.8. The monoisotopic (exact) mass is 766 g/mol. The summed E-state index contributed by atoms with van der Waals surface area (Å²) in [5.74, 6) is 3.56. The van der Waals surface area contributed by atoms with Gasteiger partial charge in [-0.05, 0) is 47.9 Å². The van der Waals surface area contributed by atoms with Crippen LogP contribution in [0.25, 0.3) is 32.0 Å². The predicted octanol–water partition coefficient (Wildman–Crippen LogP) is 10.7. The first-order chi connectivity index (χ1) is 26.4. The molecule has 2 aromatic carbocycles. The van der Waals surface area contributed by atoms with Crippen LogP contribution in [0.1, 0.15) is 90.2 Å². The number of hydrogen-bond donors (Lipinski definition) is 0. The number of carbonyl (C=O) groups excluding carboxylic acids is 2. The highest BCUT2D eigenvalue weighted by Crippen LogP contribution is 2.53. The maximum Gasteiger partial charge on any atom is 0.259 e. The number of ether oxygens (including phenoxy) is 4. The van der Waals surface area contributed by atoms with Crippen molar-refractivity contribution >= 4 is 57.0 Å². The van der Waals surface area contributed by atoms with E-state index in [9.17, 15) is 0 Å². The maximum absolute atomic E-state index is 15.0. The Morgan fingerprint density at radius 1 is 0.611 bits per heavy atom. The summed E-state index contributed by atoms with van der Waals surface area (Å²) < 4.78 is 23.9. The summed E-state index contributed by atoms with van der Waals surface area (Å²) in [5, 5.41) is 3.99. The molecule has 2 atom stereocenters. The van der Waals surface area contributed by atoms with E-state index in [1.807, 2.05) is 32.7 Å². The molecule has 2 unspecified atom stereocenters. The first-order valence-electron chi connectivity index (χ1n) is 19.9. The van der Waals surface area contributed by atoms with Gasteiger partial charge in [0, 0.05) is 35.0 Å². The van der Waals surface area contributed by atoms with E-state index >= 15 is 9.59 Å². The number of thiophene rings is 2. The second kappa shape index (κ2) is 15.8. The zero-order chi connectivity index (χ0) is 37.3. The van der Waals surface area contributed by atoms with Crippen LogP contribution in [0.4, 0.5) is 11.4 Å². The number of hydrogen-bond acceptors (Lipinski definition) is 8. The largest absolute Gasteiger partial charge is 0.485 e. The summed E-state index contributed by atoms with van der Waals surface area (Å²) in [7, 11) is 0. The van der Waals surface area contributed by atoms with Gasteiger partial charge in [-0.3, -0.25) is 9.59 Å². The third kappa shape index (κ3) is 6.59. The van der Waals surface area contributed by atoms with E-state index in [0.717, 1.165) is 118 Å². The third-order valence-corrected chi connectivity index (χ3v) is 13.4. The number of amides is 2. The zero-order valence-corrected chi connectivity index (χ0v) is 33.5. The number of rotatable bonds is 14. The summed E-state index contributed by atoms with van der Waals surface area (Å²) in [5.41, 5.74) is 6.30. The minimum absolute atomic E-state index is 0.0963. The normalized spacial score (nSPS) is 18.3. The second-order valence-corrected chi connectivity index (χ2v) is 16.5. The molecular weight excluding hydrogens is 717 g/mol. The van der Waals surface area contributed by atoms with Gasteiger partial charge in [0.2, 0.25) is 0 Å². The lowest BCUT2D eigenvalue weighted by atomic mass is 9.94. The molecule has 54 heavy (non-hydrogen) atoms. The van der Waals surface area contributed by atoms with Gasteiger partial charge in [-0.2, -0.15) is 0 Å². The molecule has 10 heteroatoms. The van der Waals surface area contributed by atoms with E-state index < -0.39 is 0 Å². The number of fused-ring (bicyclic) bond motifs is 4. The van der Waals surface area contributed by atoms with Gasteiger partial charge in [-0.1, -0.05) is 90.5 Å². The first-order valence-corrected chi connectivity index (χ1v) is 21.6. The van der Waals surface area contributed by atoms with Crippen LogP contribution in [0, 0.1) is 11.8 Å². The van der Waals surface area contributed by atoms with Crippen LogP contribution in [0.5, 0.6) is 23.0 Å². The fourth-order valence-electron chi connectivity index (χ4n) is 8.26. The number of anilines is 2. The van der Waals surface area contributed by atoms with Crippen LogP contribution < -0.4 is 28.7 Å². The molecule has 0 spiro atoms. The minimum atomic E-state index is -0.0963. The molecule has 8 nitrogen and oxygen atoms in total.